The zero-order valence-electron chi connectivity index (χ0n) is 12.8. The maximum atomic E-state index is 12.1. The second kappa shape index (κ2) is 6.70. The van der Waals surface area contributed by atoms with Gasteiger partial charge in [-0.2, -0.15) is 0 Å². The van der Waals surface area contributed by atoms with Crippen molar-refractivity contribution in [2.75, 3.05) is 0 Å². The lowest BCUT2D eigenvalue weighted by molar-refractivity contribution is -0.139. The van der Waals surface area contributed by atoms with Crippen LogP contribution in [-0.2, 0) is 14.2 Å². The third-order valence-electron chi connectivity index (χ3n) is 4.05. The predicted molar refractivity (Wildman–Crippen MR) is 78.2 cm³/mol. The van der Waals surface area contributed by atoms with Crippen LogP contribution in [-0.4, -0.2) is 32.9 Å². The van der Waals surface area contributed by atoms with Crippen LogP contribution in [0.3, 0.4) is 0 Å². The normalized spacial score (nSPS) is 14.3. The first-order valence-corrected chi connectivity index (χ1v) is 9.51. The monoisotopic (exact) mass is 284 g/mol. The molecule has 1 N–H and O–H groups in total. The first kappa shape index (κ1) is 18.4. The summed E-state index contributed by atoms with van der Waals surface area (Å²) < 4.78 is 4.05. The maximum absolute atomic E-state index is 12.1. The topological polar surface area (TPSA) is 63.6 Å². The molecule has 0 unspecified atom stereocenters. The summed E-state index contributed by atoms with van der Waals surface area (Å²) >= 11 is 0. The highest BCUT2D eigenvalue weighted by molar-refractivity contribution is 6.72. The van der Waals surface area contributed by atoms with E-state index in [9.17, 15) is 14.4 Å². The summed E-state index contributed by atoms with van der Waals surface area (Å²) in [5.74, 6) is -1.05. The summed E-state index contributed by atoms with van der Waals surface area (Å²) in [4.78, 5) is 33.5. The molecule has 0 aromatic heterocycles. The Morgan fingerprint density at radius 2 is 1.79 bits per heavy atom. The molecule has 0 aliphatic carbocycles. The number of carbonyl (C=O) groups is 2. The van der Waals surface area contributed by atoms with E-state index in [0.717, 1.165) is 0 Å². The van der Waals surface area contributed by atoms with Gasteiger partial charge in [-0.3, -0.25) is 9.59 Å². The SMILES string of the molecule is [B]OC(=O)CC(=O)[C@@H](CC(C)(C)[Si](C)(C)O)C(C)C. The van der Waals surface area contributed by atoms with Crippen molar-refractivity contribution in [1.29, 1.82) is 0 Å². The van der Waals surface area contributed by atoms with Crippen LogP contribution in [0.25, 0.3) is 0 Å². The minimum atomic E-state index is -2.38. The van der Waals surface area contributed by atoms with Gasteiger partial charge in [0.25, 0.3) is 5.97 Å². The molecule has 0 fully saturated rings. The highest BCUT2D eigenvalue weighted by Gasteiger charge is 2.41. The molecule has 0 aromatic rings. The van der Waals surface area contributed by atoms with Gasteiger partial charge in [-0.15, -0.1) is 0 Å². The van der Waals surface area contributed by atoms with Crippen LogP contribution in [0.5, 0.6) is 0 Å². The molecule has 6 heteroatoms. The lowest BCUT2D eigenvalue weighted by atomic mass is 9.83. The molecule has 0 saturated heterocycles. The molecular formula is C13H25BO4Si. The number of hydrogen-bond donors (Lipinski definition) is 1. The van der Waals surface area contributed by atoms with Gasteiger partial charge in [0.15, 0.2) is 8.32 Å². The highest BCUT2D eigenvalue weighted by Crippen LogP contribution is 2.43. The summed E-state index contributed by atoms with van der Waals surface area (Å²) in [5.41, 5.74) is 0. The van der Waals surface area contributed by atoms with Gasteiger partial charge in [0.05, 0.1) is 0 Å². The van der Waals surface area contributed by atoms with Gasteiger partial charge in [0.2, 0.25) is 0 Å². The van der Waals surface area contributed by atoms with Crippen molar-refractivity contribution < 1.29 is 19.0 Å². The summed E-state index contributed by atoms with van der Waals surface area (Å²) in [7, 11) is 2.38. The molecule has 1 atom stereocenters. The standard InChI is InChI=1S/C13H25BO4Si/c1-9(2)10(11(15)7-12(16)18-14)8-13(3,4)19(5,6)17/h9-10,17H,7-8H2,1-6H3/t10-/m0/s1. The minimum absolute atomic E-state index is 0.105. The third-order valence-corrected chi connectivity index (χ3v) is 7.57. The minimum Gasteiger partial charge on any atom is -0.543 e. The molecule has 0 amide bonds. The van der Waals surface area contributed by atoms with E-state index in [1.54, 1.807) is 0 Å². The van der Waals surface area contributed by atoms with E-state index in [-0.39, 0.29) is 29.1 Å². The van der Waals surface area contributed by atoms with Crippen LogP contribution >= 0.6 is 0 Å². The van der Waals surface area contributed by atoms with Gasteiger partial charge in [0, 0.05) is 5.92 Å². The van der Waals surface area contributed by atoms with E-state index >= 15 is 0 Å². The van der Waals surface area contributed by atoms with Crippen LogP contribution in [0.15, 0.2) is 0 Å². The highest BCUT2D eigenvalue weighted by atomic mass is 28.4. The molecule has 2 radical (unpaired) electrons. The van der Waals surface area contributed by atoms with Gasteiger partial charge in [-0.1, -0.05) is 27.7 Å². The number of carbonyl (C=O) groups excluding carboxylic acids is 2. The van der Waals surface area contributed by atoms with Crippen molar-refractivity contribution in [3.8, 4) is 0 Å². The second-order valence-corrected chi connectivity index (χ2v) is 11.1. The Bertz CT molecular complexity index is 334. The van der Waals surface area contributed by atoms with Crippen LogP contribution in [0.4, 0.5) is 0 Å². The predicted octanol–water partition coefficient (Wildman–Crippen LogP) is 2.21. The van der Waals surface area contributed by atoms with Crippen LogP contribution in [0.2, 0.25) is 18.1 Å². The average molecular weight is 284 g/mol. The Morgan fingerprint density at radius 1 is 1.32 bits per heavy atom. The Kier molecular flexibility index (Phi) is 6.48. The first-order valence-electron chi connectivity index (χ1n) is 6.57. The van der Waals surface area contributed by atoms with Crippen molar-refractivity contribution >= 4 is 28.1 Å². The second-order valence-electron chi connectivity index (χ2n) is 6.63. The molecule has 0 bridgehead atoms. The zero-order valence-corrected chi connectivity index (χ0v) is 13.8. The Labute approximate surface area is 118 Å². The lowest BCUT2D eigenvalue weighted by Crippen LogP contribution is -2.42. The molecule has 0 saturated carbocycles. The maximum Gasteiger partial charge on any atom is 0.378 e. The molecule has 4 nitrogen and oxygen atoms in total. The van der Waals surface area contributed by atoms with E-state index in [1.807, 2.05) is 40.8 Å². The van der Waals surface area contributed by atoms with Crippen molar-refractivity contribution in [2.45, 2.75) is 58.7 Å². The Morgan fingerprint density at radius 3 is 2.11 bits per heavy atom. The number of hydrogen-bond acceptors (Lipinski definition) is 4. The summed E-state index contributed by atoms with van der Waals surface area (Å²) in [5, 5.41) is -0.301. The van der Waals surface area contributed by atoms with Gasteiger partial charge in [-0.25, -0.2) is 0 Å². The molecule has 19 heavy (non-hydrogen) atoms. The van der Waals surface area contributed by atoms with Crippen molar-refractivity contribution in [1.82, 2.24) is 0 Å². The molecule has 108 valence electrons. The Balaban J connectivity index is 4.95. The average Bonchev–Trinajstić information content (AvgIpc) is 2.23. The van der Waals surface area contributed by atoms with E-state index in [0.29, 0.717) is 6.42 Å². The fraction of sp³-hybridized carbons (Fsp3) is 0.846. The van der Waals surface area contributed by atoms with Crippen LogP contribution in [0, 0.1) is 11.8 Å². The molecule has 0 spiro atoms. The van der Waals surface area contributed by atoms with Crippen molar-refractivity contribution in [3.05, 3.63) is 0 Å². The first-order chi connectivity index (χ1) is 8.42. The van der Waals surface area contributed by atoms with Gasteiger partial charge >= 0.3 is 8.05 Å². The number of rotatable bonds is 7. The molecule has 0 aromatic carbocycles. The van der Waals surface area contributed by atoms with Crippen LogP contribution in [0.1, 0.15) is 40.5 Å². The van der Waals surface area contributed by atoms with Crippen LogP contribution < -0.4 is 0 Å². The fourth-order valence-electron chi connectivity index (χ4n) is 1.84. The van der Waals surface area contributed by atoms with E-state index in [2.05, 4.69) is 4.65 Å². The summed E-state index contributed by atoms with van der Waals surface area (Å²) in [6, 6.07) is 0. The molecule has 0 aliphatic heterocycles. The largest absolute Gasteiger partial charge is 0.543 e. The van der Waals surface area contributed by atoms with E-state index in [4.69, 9.17) is 8.05 Å². The Hall–Kier alpha value is -0.618. The zero-order chi connectivity index (χ0) is 15.4. The van der Waals surface area contributed by atoms with Crippen molar-refractivity contribution in [3.63, 3.8) is 0 Å². The lowest BCUT2D eigenvalue weighted by Gasteiger charge is -2.38. The molecule has 0 heterocycles. The number of Topliss-reactive ketones (excluding diaryl/α,β-unsaturated/α-hetero) is 1. The van der Waals surface area contributed by atoms with Gasteiger partial charge in [-0.05, 0) is 30.5 Å². The summed E-state index contributed by atoms with van der Waals surface area (Å²) in [6.45, 7) is 11.6. The molecule has 0 aliphatic rings. The summed E-state index contributed by atoms with van der Waals surface area (Å²) in [6.07, 6.45) is 0.264. The quantitative estimate of drug-likeness (QED) is 0.575. The number of ketones is 1. The van der Waals surface area contributed by atoms with Crippen molar-refractivity contribution in [2.24, 2.45) is 11.8 Å². The van der Waals surface area contributed by atoms with E-state index in [1.165, 1.54) is 0 Å². The molecule has 0 rings (SSSR count). The fourth-order valence-corrected chi connectivity index (χ4v) is 2.56. The molecular weight excluding hydrogens is 259 g/mol. The van der Waals surface area contributed by atoms with Gasteiger partial charge < -0.3 is 9.45 Å². The smallest absolute Gasteiger partial charge is 0.378 e. The van der Waals surface area contributed by atoms with E-state index < -0.39 is 14.3 Å². The third kappa shape index (κ3) is 5.49. The van der Waals surface area contributed by atoms with Gasteiger partial charge in [0.1, 0.15) is 12.2 Å².